The van der Waals surface area contributed by atoms with Crippen molar-refractivity contribution in [2.45, 2.75) is 24.4 Å². The molecular weight excluding hydrogens is 308 g/mol. The number of hydrogen-bond acceptors (Lipinski definition) is 4. The molecule has 0 aromatic heterocycles. The Balaban J connectivity index is 1.94. The predicted molar refractivity (Wildman–Crippen MR) is 88.8 cm³/mol. The Bertz CT molecular complexity index is 731. The molecule has 2 atom stereocenters. The molecule has 126 valence electrons. The highest BCUT2D eigenvalue weighted by atomic mass is 16.5. The summed E-state index contributed by atoms with van der Waals surface area (Å²) in [5.74, 6) is 0.299. The van der Waals surface area contributed by atoms with E-state index in [-0.39, 0.29) is 11.5 Å². The Labute approximate surface area is 140 Å². The second-order valence-electron chi connectivity index (χ2n) is 6.04. The van der Waals surface area contributed by atoms with Crippen LogP contribution in [0, 0.1) is 0 Å². The van der Waals surface area contributed by atoms with Crippen molar-refractivity contribution < 1.29 is 24.5 Å². The van der Waals surface area contributed by atoms with Crippen molar-refractivity contribution in [2.75, 3.05) is 14.2 Å². The molecule has 2 aromatic carbocycles. The normalized spacial score (nSPS) is 22.5. The van der Waals surface area contributed by atoms with Gasteiger partial charge >= 0.3 is 5.97 Å². The van der Waals surface area contributed by atoms with Gasteiger partial charge in [-0.1, -0.05) is 12.1 Å². The molecule has 2 aromatic rings. The van der Waals surface area contributed by atoms with Gasteiger partial charge in [-0.3, -0.25) is 0 Å². The van der Waals surface area contributed by atoms with Gasteiger partial charge in [0, 0.05) is 12.0 Å². The lowest BCUT2D eigenvalue weighted by Crippen LogP contribution is -2.42. The summed E-state index contributed by atoms with van der Waals surface area (Å²) in [7, 11) is 3.19. The van der Waals surface area contributed by atoms with Crippen molar-refractivity contribution in [3.63, 3.8) is 0 Å². The SMILES string of the molecule is COc1cc(OC)cc([C@H]2CC[C@]2(O)c2ccc(C(=O)O)cc2)c1. The van der Waals surface area contributed by atoms with E-state index in [1.807, 2.05) is 12.1 Å². The van der Waals surface area contributed by atoms with Gasteiger partial charge in [-0.2, -0.15) is 0 Å². The van der Waals surface area contributed by atoms with Crippen LogP contribution in [-0.4, -0.2) is 30.4 Å². The molecule has 0 radical (unpaired) electrons. The quantitative estimate of drug-likeness (QED) is 0.882. The fourth-order valence-corrected chi connectivity index (χ4v) is 3.28. The third kappa shape index (κ3) is 2.71. The number of aliphatic hydroxyl groups is 1. The van der Waals surface area contributed by atoms with E-state index >= 15 is 0 Å². The van der Waals surface area contributed by atoms with E-state index in [1.165, 1.54) is 12.1 Å². The van der Waals surface area contributed by atoms with Crippen molar-refractivity contribution >= 4 is 5.97 Å². The smallest absolute Gasteiger partial charge is 0.335 e. The van der Waals surface area contributed by atoms with E-state index in [9.17, 15) is 9.90 Å². The second kappa shape index (κ2) is 6.17. The third-order valence-corrected chi connectivity index (χ3v) is 4.80. The summed E-state index contributed by atoms with van der Waals surface area (Å²) >= 11 is 0. The Morgan fingerprint density at radius 3 is 2.08 bits per heavy atom. The number of ether oxygens (including phenoxy) is 2. The molecule has 1 aliphatic rings. The average molecular weight is 328 g/mol. The number of methoxy groups -OCH3 is 2. The summed E-state index contributed by atoms with van der Waals surface area (Å²) in [4.78, 5) is 11.0. The molecule has 0 saturated heterocycles. The molecule has 0 bridgehead atoms. The predicted octanol–water partition coefficient (Wildman–Crippen LogP) is 3.17. The molecule has 0 aliphatic heterocycles. The maximum absolute atomic E-state index is 11.1. The number of aromatic carboxylic acids is 1. The van der Waals surface area contributed by atoms with Crippen LogP contribution in [0.2, 0.25) is 0 Å². The van der Waals surface area contributed by atoms with Crippen LogP contribution in [-0.2, 0) is 5.60 Å². The molecule has 5 nitrogen and oxygen atoms in total. The fraction of sp³-hybridized carbons (Fsp3) is 0.316. The molecule has 0 amide bonds. The fourth-order valence-electron chi connectivity index (χ4n) is 3.28. The minimum atomic E-state index is -1.01. The lowest BCUT2D eigenvalue weighted by atomic mass is 9.63. The van der Waals surface area contributed by atoms with Crippen LogP contribution in [0.5, 0.6) is 11.5 Å². The van der Waals surface area contributed by atoms with Gasteiger partial charge in [0.05, 0.1) is 25.4 Å². The van der Waals surface area contributed by atoms with Gasteiger partial charge in [0.15, 0.2) is 0 Å². The summed E-state index contributed by atoms with van der Waals surface area (Å²) in [6, 6.07) is 12.0. The Hall–Kier alpha value is -2.53. The van der Waals surface area contributed by atoms with Crippen molar-refractivity contribution in [3.8, 4) is 11.5 Å². The molecule has 24 heavy (non-hydrogen) atoms. The van der Waals surface area contributed by atoms with Crippen LogP contribution in [0.15, 0.2) is 42.5 Å². The number of carboxylic acid groups (broad SMARTS) is 1. The second-order valence-corrected chi connectivity index (χ2v) is 6.04. The molecule has 1 fully saturated rings. The number of carboxylic acids is 1. The van der Waals surface area contributed by atoms with E-state index < -0.39 is 11.6 Å². The van der Waals surface area contributed by atoms with Crippen LogP contribution in [0.1, 0.15) is 40.2 Å². The zero-order valence-electron chi connectivity index (χ0n) is 13.7. The molecule has 2 N–H and O–H groups in total. The minimum absolute atomic E-state index is 0.0859. The largest absolute Gasteiger partial charge is 0.497 e. The molecule has 0 unspecified atom stereocenters. The average Bonchev–Trinajstić information content (AvgIpc) is 2.59. The highest BCUT2D eigenvalue weighted by Crippen LogP contribution is 2.53. The summed E-state index contributed by atoms with van der Waals surface area (Å²) in [5, 5.41) is 20.1. The van der Waals surface area contributed by atoms with Crippen LogP contribution < -0.4 is 9.47 Å². The maximum atomic E-state index is 11.1. The van der Waals surface area contributed by atoms with Crippen molar-refractivity contribution in [1.82, 2.24) is 0 Å². The monoisotopic (exact) mass is 328 g/mol. The Morgan fingerprint density at radius 1 is 1.08 bits per heavy atom. The number of rotatable bonds is 5. The lowest BCUT2D eigenvalue weighted by molar-refractivity contribution is -0.0645. The topological polar surface area (TPSA) is 76.0 Å². The number of benzene rings is 2. The van der Waals surface area contributed by atoms with Crippen LogP contribution in [0.25, 0.3) is 0 Å². The molecule has 5 heteroatoms. The third-order valence-electron chi connectivity index (χ3n) is 4.80. The Morgan fingerprint density at radius 2 is 1.67 bits per heavy atom. The summed E-state index contributed by atoms with van der Waals surface area (Å²) in [6.45, 7) is 0. The minimum Gasteiger partial charge on any atom is -0.497 e. The van der Waals surface area contributed by atoms with Crippen LogP contribution in [0.3, 0.4) is 0 Å². The van der Waals surface area contributed by atoms with Gasteiger partial charge < -0.3 is 19.7 Å². The molecule has 1 saturated carbocycles. The van der Waals surface area contributed by atoms with Gasteiger partial charge in [-0.15, -0.1) is 0 Å². The molecule has 3 rings (SSSR count). The van der Waals surface area contributed by atoms with E-state index in [4.69, 9.17) is 14.6 Å². The Kier molecular flexibility index (Phi) is 4.20. The zero-order valence-corrected chi connectivity index (χ0v) is 13.7. The van der Waals surface area contributed by atoms with E-state index in [2.05, 4.69) is 0 Å². The number of carbonyl (C=O) groups is 1. The van der Waals surface area contributed by atoms with E-state index in [0.717, 1.165) is 17.5 Å². The first-order chi connectivity index (χ1) is 11.5. The van der Waals surface area contributed by atoms with Crippen LogP contribution in [0.4, 0.5) is 0 Å². The first-order valence-corrected chi connectivity index (χ1v) is 7.77. The van der Waals surface area contributed by atoms with Crippen molar-refractivity contribution in [3.05, 3.63) is 59.2 Å². The molecular formula is C19H20O5. The summed E-state index contributed by atoms with van der Waals surface area (Å²) in [6.07, 6.45) is 1.47. The maximum Gasteiger partial charge on any atom is 0.335 e. The molecule has 0 heterocycles. The highest BCUT2D eigenvalue weighted by molar-refractivity contribution is 5.87. The van der Waals surface area contributed by atoms with Gasteiger partial charge in [0.2, 0.25) is 0 Å². The highest BCUT2D eigenvalue weighted by Gasteiger charge is 2.47. The first kappa shape index (κ1) is 16.3. The lowest BCUT2D eigenvalue weighted by Gasteiger charge is -2.46. The van der Waals surface area contributed by atoms with E-state index in [1.54, 1.807) is 32.4 Å². The zero-order chi connectivity index (χ0) is 17.3. The number of hydrogen-bond donors (Lipinski definition) is 2. The van der Waals surface area contributed by atoms with Crippen LogP contribution >= 0.6 is 0 Å². The summed E-state index contributed by atoms with van der Waals surface area (Å²) in [5.41, 5.74) is 0.878. The van der Waals surface area contributed by atoms with Gasteiger partial charge in [0.1, 0.15) is 11.5 Å². The van der Waals surface area contributed by atoms with Gasteiger partial charge in [0.25, 0.3) is 0 Å². The molecule has 0 spiro atoms. The van der Waals surface area contributed by atoms with Gasteiger partial charge in [-0.05, 0) is 48.2 Å². The van der Waals surface area contributed by atoms with E-state index in [0.29, 0.717) is 17.9 Å². The molecule has 1 aliphatic carbocycles. The van der Waals surface area contributed by atoms with Crippen molar-refractivity contribution in [1.29, 1.82) is 0 Å². The standard InChI is InChI=1S/C19H20O5/c1-23-15-9-13(10-16(11-15)24-2)17-7-8-19(17,22)14-5-3-12(4-6-14)18(20)21/h3-6,9-11,17,22H,7-8H2,1-2H3,(H,20,21)/t17-,19+/m1/s1. The summed E-state index contributed by atoms with van der Waals surface area (Å²) < 4.78 is 10.6. The van der Waals surface area contributed by atoms with Crippen molar-refractivity contribution in [2.24, 2.45) is 0 Å². The first-order valence-electron chi connectivity index (χ1n) is 7.77. The van der Waals surface area contributed by atoms with Gasteiger partial charge in [-0.25, -0.2) is 4.79 Å².